The molecule has 1 saturated carbocycles. The first-order valence-corrected chi connectivity index (χ1v) is 12.2. The van der Waals surface area contributed by atoms with Gasteiger partial charge in [0.1, 0.15) is 6.10 Å². The van der Waals surface area contributed by atoms with Crippen molar-refractivity contribution in [3.05, 3.63) is 23.3 Å². The Labute approximate surface area is 196 Å². The molecule has 5 atom stereocenters. The molecule has 0 aromatic heterocycles. The Bertz CT molecular complexity index is 1130. The molecule has 1 aromatic carbocycles. The lowest BCUT2D eigenvalue weighted by molar-refractivity contribution is -0.202. The summed E-state index contributed by atoms with van der Waals surface area (Å²) in [5.41, 5.74) is 0.462. The quantitative estimate of drug-likeness (QED) is 0.633. The first-order chi connectivity index (χ1) is 15.7. The van der Waals surface area contributed by atoms with Crippen molar-refractivity contribution in [2.75, 3.05) is 20.7 Å². The van der Waals surface area contributed by atoms with Gasteiger partial charge < -0.3 is 24.8 Å². The second-order valence-corrected chi connectivity index (χ2v) is 11.1. The fourth-order valence-corrected chi connectivity index (χ4v) is 8.61. The molecule has 0 radical (unpaired) electrons. The van der Waals surface area contributed by atoms with Gasteiger partial charge in [0.05, 0.1) is 18.1 Å². The number of aliphatic hydroxyl groups is 1. The Hall–Kier alpha value is -2.30. The number of amidine groups is 1. The molecular formula is C23H28N4O5S. The molecular weight excluding hydrogens is 444 g/mol. The molecule has 33 heavy (non-hydrogen) atoms. The van der Waals surface area contributed by atoms with E-state index in [1.54, 1.807) is 7.11 Å². The minimum Gasteiger partial charge on any atom is -0.493 e. The van der Waals surface area contributed by atoms with E-state index >= 15 is 0 Å². The van der Waals surface area contributed by atoms with Gasteiger partial charge in [-0.15, -0.1) is 5.10 Å². The Balaban J connectivity index is 1.58. The maximum Gasteiger partial charge on any atom is 0.241 e. The second-order valence-electron chi connectivity index (χ2n) is 9.84. The molecule has 2 aliphatic carbocycles. The normalized spacial score (nSPS) is 38.0. The van der Waals surface area contributed by atoms with Crippen molar-refractivity contribution >= 4 is 28.7 Å². The number of rotatable bonds is 1. The Morgan fingerprint density at radius 1 is 1.30 bits per heavy atom. The minimum absolute atomic E-state index is 0.0468. The molecule has 3 aliphatic heterocycles. The SMILES string of the molecule is COc1ccc2c3c1O[C@@H]1[C@]34CCN(C)[C@H](C2)[C@]4(O)CC[C@@]12SC(NC(C)=O)=NN2C(C)=O. The zero-order valence-electron chi connectivity index (χ0n) is 19.2. The van der Waals surface area contributed by atoms with Gasteiger partial charge in [-0.2, -0.15) is 0 Å². The summed E-state index contributed by atoms with van der Waals surface area (Å²) in [6, 6.07) is 3.97. The number of piperidine rings is 1. The van der Waals surface area contributed by atoms with Crippen LogP contribution in [0, 0.1) is 0 Å². The third kappa shape index (κ3) is 2.39. The summed E-state index contributed by atoms with van der Waals surface area (Å²) in [6.07, 6.45) is 1.87. The Morgan fingerprint density at radius 3 is 2.79 bits per heavy atom. The highest BCUT2D eigenvalue weighted by molar-refractivity contribution is 8.15. The van der Waals surface area contributed by atoms with Crippen LogP contribution in [0.3, 0.4) is 0 Å². The zero-order valence-corrected chi connectivity index (χ0v) is 20.0. The number of hydrazone groups is 1. The predicted octanol–water partition coefficient (Wildman–Crippen LogP) is 1.18. The molecule has 2 bridgehead atoms. The average molecular weight is 473 g/mol. The van der Waals surface area contributed by atoms with Crippen LogP contribution in [0.15, 0.2) is 17.2 Å². The number of fused-ring (bicyclic) bond motifs is 1. The largest absolute Gasteiger partial charge is 0.493 e. The van der Waals surface area contributed by atoms with Crippen LogP contribution in [0.1, 0.15) is 44.2 Å². The van der Waals surface area contributed by atoms with Crippen LogP contribution >= 0.6 is 11.8 Å². The van der Waals surface area contributed by atoms with Crippen molar-refractivity contribution in [2.24, 2.45) is 5.10 Å². The van der Waals surface area contributed by atoms with Gasteiger partial charge in [-0.3, -0.25) is 9.59 Å². The maximum absolute atomic E-state index is 12.8. The van der Waals surface area contributed by atoms with E-state index in [4.69, 9.17) is 9.47 Å². The van der Waals surface area contributed by atoms with E-state index in [1.165, 1.54) is 30.6 Å². The average Bonchev–Trinajstić information content (AvgIpc) is 3.30. The van der Waals surface area contributed by atoms with Gasteiger partial charge in [0, 0.05) is 25.5 Å². The number of nitrogens with one attached hydrogen (secondary N) is 1. The third-order valence-corrected chi connectivity index (χ3v) is 9.68. The van der Waals surface area contributed by atoms with Crippen molar-refractivity contribution in [1.82, 2.24) is 15.2 Å². The number of benzene rings is 1. The van der Waals surface area contributed by atoms with Gasteiger partial charge >= 0.3 is 0 Å². The van der Waals surface area contributed by atoms with Crippen molar-refractivity contribution in [3.8, 4) is 11.5 Å². The molecule has 9 nitrogen and oxygen atoms in total. The van der Waals surface area contributed by atoms with E-state index in [9.17, 15) is 14.7 Å². The monoisotopic (exact) mass is 472 g/mol. The number of carbonyl (C=O) groups is 2. The predicted molar refractivity (Wildman–Crippen MR) is 122 cm³/mol. The highest BCUT2D eigenvalue weighted by Gasteiger charge is 2.78. The van der Waals surface area contributed by atoms with E-state index < -0.39 is 22.0 Å². The lowest BCUT2D eigenvalue weighted by atomic mass is 9.48. The number of ether oxygens (including phenoxy) is 2. The molecule has 1 aromatic rings. The summed E-state index contributed by atoms with van der Waals surface area (Å²) in [5.74, 6) is 0.827. The fourth-order valence-electron chi connectivity index (χ4n) is 7.14. The number of methoxy groups -OCH3 is 1. The van der Waals surface area contributed by atoms with Gasteiger partial charge in [0.15, 0.2) is 21.5 Å². The van der Waals surface area contributed by atoms with E-state index in [2.05, 4.69) is 28.4 Å². The van der Waals surface area contributed by atoms with Crippen molar-refractivity contribution in [1.29, 1.82) is 0 Å². The number of hydrogen-bond acceptors (Lipinski definition) is 8. The number of likely N-dealkylation sites (N-methyl/N-ethyl adjacent to an activating group) is 1. The van der Waals surface area contributed by atoms with Gasteiger partial charge in [0.25, 0.3) is 0 Å². The van der Waals surface area contributed by atoms with Crippen LogP contribution in [0.2, 0.25) is 0 Å². The van der Waals surface area contributed by atoms with Crippen LogP contribution in [-0.4, -0.2) is 75.3 Å². The molecule has 3 heterocycles. The second kappa shape index (κ2) is 6.64. The van der Waals surface area contributed by atoms with E-state index in [0.29, 0.717) is 35.9 Å². The summed E-state index contributed by atoms with van der Waals surface area (Å²) in [4.78, 5) is 26.0. The minimum atomic E-state index is -1.01. The Morgan fingerprint density at radius 2 is 2.09 bits per heavy atom. The van der Waals surface area contributed by atoms with Crippen LogP contribution < -0.4 is 14.8 Å². The number of thioether (sulfide) groups is 1. The highest BCUT2D eigenvalue weighted by atomic mass is 32.2. The van der Waals surface area contributed by atoms with Crippen LogP contribution in [-0.2, 0) is 21.4 Å². The molecule has 176 valence electrons. The molecule has 10 heteroatoms. The van der Waals surface area contributed by atoms with Gasteiger partial charge in [-0.25, -0.2) is 5.01 Å². The van der Waals surface area contributed by atoms with Gasteiger partial charge in [0.2, 0.25) is 11.8 Å². The molecule has 2 spiro atoms. The van der Waals surface area contributed by atoms with Gasteiger partial charge in [-0.1, -0.05) is 17.8 Å². The molecule has 6 rings (SSSR count). The molecule has 1 saturated heterocycles. The lowest BCUT2D eigenvalue weighted by Gasteiger charge is -2.65. The number of amides is 2. The number of carbonyl (C=O) groups excluding carboxylic acids is 2. The van der Waals surface area contributed by atoms with Crippen molar-refractivity contribution in [3.63, 3.8) is 0 Å². The summed E-state index contributed by atoms with van der Waals surface area (Å²) < 4.78 is 12.4. The highest BCUT2D eigenvalue weighted by Crippen LogP contribution is 2.69. The van der Waals surface area contributed by atoms with Crippen LogP contribution in [0.4, 0.5) is 0 Å². The van der Waals surface area contributed by atoms with E-state index in [-0.39, 0.29) is 17.9 Å². The molecule has 2 amide bonds. The summed E-state index contributed by atoms with van der Waals surface area (Å²) >= 11 is 1.36. The Kier molecular flexibility index (Phi) is 4.28. The van der Waals surface area contributed by atoms with Crippen LogP contribution in [0.25, 0.3) is 0 Å². The topological polar surface area (TPSA) is 104 Å². The number of hydrogen-bond donors (Lipinski definition) is 2. The summed E-state index contributed by atoms with van der Waals surface area (Å²) in [5, 5.41) is 21.6. The first-order valence-electron chi connectivity index (χ1n) is 11.3. The molecule has 2 N–H and O–H groups in total. The summed E-state index contributed by atoms with van der Waals surface area (Å²) in [6.45, 7) is 3.71. The lowest BCUT2D eigenvalue weighted by Crippen LogP contribution is -2.79. The standard InChI is InChI=1S/C23H28N4O5S/c1-12(28)24-20-25-27(13(2)29)23(33-20)8-7-22(30)16-11-14-5-6-15(31-4)18-17(14)21(22,19(23)32-18)9-10-26(16)3/h5-6,16,19,30H,7-11H2,1-4H3,(H,24,25,28)/t16-,19-,21+,22-,23-/m1/s1. The molecule has 2 fully saturated rings. The summed E-state index contributed by atoms with van der Waals surface area (Å²) in [7, 11) is 3.69. The smallest absolute Gasteiger partial charge is 0.241 e. The first kappa shape index (κ1) is 21.2. The zero-order chi connectivity index (χ0) is 23.3. The molecule has 5 aliphatic rings. The van der Waals surface area contributed by atoms with Crippen molar-refractivity contribution in [2.45, 2.75) is 67.6 Å². The number of likely N-dealkylation sites (tertiary alicyclic amines) is 1. The molecule has 0 unspecified atom stereocenters. The number of nitrogens with zero attached hydrogens (tertiary/aromatic N) is 3. The van der Waals surface area contributed by atoms with Crippen molar-refractivity contribution < 1.29 is 24.2 Å². The van der Waals surface area contributed by atoms with E-state index in [0.717, 1.165) is 24.1 Å². The van der Waals surface area contributed by atoms with Crippen LogP contribution in [0.5, 0.6) is 11.5 Å². The van der Waals surface area contributed by atoms with Gasteiger partial charge in [-0.05, 0) is 50.9 Å². The van der Waals surface area contributed by atoms with E-state index in [1.807, 2.05) is 6.07 Å². The fraction of sp³-hybridized carbons (Fsp3) is 0.609. The maximum atomic E-state index is 12.8. The third-order valence-electron chi connectivity index (χ3n) is 8.36.